The van der Waals surface area contributed by atoms with Crippen LogP contribution in [0.3, 0.4) is 0 Å². The summed E-state index contributed by atoms with van der Waals surface area (Å²) in [4.78, 5) is 30.5. The van der Waals surface area contributed by atoms with Gasteiger partial charge in [0, 0.05) is 23.9 Å². The molecule has 0 fully saturated rings. The number of ether oxygens (including phenoxy) is 1. The maximum atomic E-state index is 11.4. The standard InChI is InChI=1S/C19H16N4O4/c1-2-27-19(24)9-6-13-4-3-5-14(10-13)21-18-12-20-16-8-7-15(23(25)26)11-17(16)22-18/h3-12H,2H2,1H3,(H,21,22)/b9-6+. The molecule has 0 spiro atoms. The lowest BCUT2D eigenvalue weighted by molar-refractivity contribution is -0.384. The van der Waals surface area contributed by atoms with E-state index < -0.39 is 10.9 Å². The Labute approximate surface area is 154 Å². The Hall–Kier alpha value is -3.81. The van der Waals surface area contributed by atoms with E-state index in [4.69, 9.17) is 4.74 Å². The smallest absolute Gasteiger partial charge is 0.330 e. The summed E-state index contributed by atoms with van der Waals surface area (Å²) in [6.07, 6.45) is 4.56. The number of nitrogens with zero attached hydrogens (tertiary/aromatic N) is 3. The van der Waals surface area contributed by atoms with Gasteiger partial charge in [0.1, 0.15) is 5.82 Å². The van der Waals surface area contributed by atoms with E-state index in [2.05, 4.69) is 15.3 Å². The summed E-state index contributed by atoms with van der Waals surface area (Å²) < 4.78 is 4.85. The molecule has 0 aliphatic heterocycles. The van der Waals surface area contributed by atoms with E-state index >= 15 is 0 Å². The SMILES string of the molecule is CCOC(=O)/C=C/c1cccc(Nc2cnc3ccc([N+](=O)[O-])cc3n2)c1. The van der Waals surface area contributed by atoms with Crippen LogP contribution in [-0.4, -0.2) is 27.5 Å². The summed E-state index contributed by atoms with van der Waals surface area (Å²) in [5, 5.41) is 14.0. The molecule has 136 valence electrons. The molecule has 27 heavy (non-hydrogen) atoms. The number of carbonyl (C=O) groups excluding carboxylic acids is 1. The van der Waals surface area contributed by atoms with Crippen molar-refractivity contribution in [3.05, 3.63) is 70.4 Å². The van der Waals surface area contributed by atoms with E-state index in [-0.39, 0.29) is 5.69 Å². The normalized spacial score (nSPS) is 10.9. The van der Waals surface area contributed by atoms with E-state index in [1.165, 1.54) is 18.2 Å². The number of nitrogens with one attached hydrogen (secondary N) is 1. The molecule has 1 aromatic heterocycles. The number of esters is 1. The summed E-state index contributed by atoms with van der Waals surface area (Å²) in [5.74, 6) is 0.0485. The van der Waals surface area contributed by atoms with Gasteiger partial charge in [-0.25, -0.2) is 9.78 Å². The van der Waals surface area contributed by atoms with Crippen molar-refractivity contribution in [2.75, 3.05) is 11.9 Å². The predicted octanol–water partition coefficient (Wildman–Crippen LogP) is 3.86. The molecule has 0 radical (unpaired) electrons. The van der Waals surface area contributed by atoms with Crippen LogP contribution in [0.5, 0.6) is 0 Å². The van der Waals surface area contributed by atoms with E-state index in [0.717, 1.165) is 11.3 Å². The van der Waals surface area contributed by atoms with Crippen LogP contribution in [-0.2, 0) is 9.53 Å². The Balaban J connectivity index is 1.81. The zero-order valence-corrected chi connectivity index (χ0v) is 14.5. The average molecular weight is 364 g/mol. The molecule has 2 aromatic carbocycles. The lowest BCUT2D eigenvalue weighted by atomic mass is 10.2. The topological polar surface area (TPSA) is 107 Å². The van der Waals surface area contributed by atoms with Gasteiger partial charge < -0.3 is 10.1 Å². The van der Waals surface area contributed by atoms with Gasteiger partial charge in [0.2, 0.25) is 0 Å². The number of benzene rings is 2. The van der Waals surface area contributed by atoms with Crippen molar-refractivity contribution < 1.29 is 14.5 Å². The molecule has 0 aliphatic carbocycles. The zero-order valence-electron chi connectivity index (χ0n) is 14.5. The van der Waals surface area contributed by atoms with Gasteiger partial charge in [-0.1, -0.05) is 12.1 Å². The maximum Gasteiger partial charge on any atom is 0.330 e. The molecule has 0 amide bonds. The Morgan fingerprint density at radius 2 is 2.11 bits per heavy atom. The minimum atomic E-state index is -0.472. The third-order valence-electron chi connectivity index (χ3n) is 3.59. The molecule has 0 atom stereocenters. The van der Waals surface area contributed by atoms with Crippen LogP contribution in [0.4, 0.5) is 17.2 Å². The van der Waals surface area contributed by atoms with Crippen LogP contribution in [0.1, 0.15) is 12.5 Å². The van der Waals surface area contributed by atoms with Crippen LogP contribution in [0.15, 0.2) is 54.7 Å². The summed E-state index contributed by atoms with van der Waals surface area (Å²) in [6.45, 7) is 2.07. The van der Waals surface area contributed by atoms with Gasteiger partial charge in [-0.15, -0.1) is 0 Å². The van der Waals surface area contributed by atoms with Crippen LogP contribution < -0.4 is 5.32 Å². The summed E-state index contributed by atoms with van der Waals surface area (Å²) >= 11 is 0. The Bertz CT molecular complexity index is 1030. The number of non-ortho nitro benzene ring substituents is 1. The van der Waals surface area contributed by atoms with Gasteiger partial charge in [-0.05, 0) is 36.8 Å². The van der Waals surface area contributed by atoms with Crippen molar-refractivity contribution in [1.29, 1.82) is 0 Å². The molecule has 8 nitrogen and oxygen atoms in total. The minimum Gasteiger partial charge on any atom is -0.463 e. The molecule has 0 saturated carbocycles. The molecule has 3 rings (SSSR count). The minimum absolute atomic E-state index is 0.0416. The average Bonchev–Trinajstić information content (AvgIpc) is 2.66. The van der Waals surface area contributed by atoms with Gasteiger partial charge in [0.15, 0.2) is 0 Å². The zero-order chi connectivity index (χ0) is 19.2. The van der Waals surface area contributed by atoms with Crippen LogP contribution in [0, 0.1) is 10.1 Å². The highest BCUT2D eigenvalue weighted by molar-refractivity contribution is 5.87. The second kappa shape index (κ2) is 8.05. The van der Waals surface area contributed by atoms with Gasteiger partial charge in [0.05, 0.1) is 28.8 Å². The Kier molecular flexibility index (Phi) is 5.36. The number of nitro groups is 1. The first-order valence-corrected chi connectivity index (χ1v) is 8.18. The number of carbonyl (C=O) groups is 1. The highest BCUT2D eigenvalue weighted by Gasteiger charge is 2.08. The number of hydrogen-bond acceptors (Lipinski definition) is 7. The first-order chi connectivity index (χ1) is 13.0. The highest BCUT2D eigenvalue weighted by atomic mass is 16.6. The third-order valence-corrected chi connectivity index (χ3v) is 3.59. The molecule has 0 bridgehead atoms. The molecular weight excluding hydrogens is 348 g/mol. The van der Waals surface area contributed by atoms with Gasteiger partial charge in [-0.2, -0.15) is 0 Å². The van der Waals surface area contributed by atoms with E-state index in [0.29, 0.717) is 23.5 Å². The largest absolute Gasteiger partial charge is 0.463 e. The fraction of sp³-hybridized carbons (Fsp3) is 0.105. The predicted molar refractivity (Wildman–Crippen MR) is 102 cm³/mol. The number of rotatable bonds is 6. The van der Waals surface area contributed by atoms with Crippen molar-refractivity contribution in [2.45, 2.75) is 6.92 Å². The monoisotopic (exact) mass is 364 g/mol. The van der Waals surface area contributed by atoms with Crippen molar-refractivity contribution in [3.8, 4) is 0 Å². The summed E-state index contributed by atoms with van der Waals surface area (Å²) in [5.41, 5.74) is 2.49. The number of anilines is 2. The molecular formula is C19H16N4O4. The Morgan fingerprint density at radius 1 is 1.26 bits per heavy atom. The van der Waals surface area contributed by atoms with E-state index in [9.17, 15) is 14.9 Å². The van der Waals surface area contributed by atoms with Gasteiger partial charge >= 0.3 is 5.97 Å². The van der Waals surface area contributed by atoms with Crippen LogP contribution in [0.2, 0.25) is 0 Å². The molecule has 0 unspecified atom stereocenters. The number of aromatic nitrogens is 2. The molecule has 1 heterocycles. The molecule has 8 heteroatoms. The molecule has 0 saturated heterocycles. The van der Waals surface area contributed by atoms with E-state index in [1.54, 1.807) is 25.3 Å². The highest BCUT2D eigenvalue weighted by Crippen LogP contribution is 2.21. The van der Waals surface area contributed by atoms with Gasteiger partial charge in [-0.3, -0.25) is 15.1 Å². The quantitative estimate of drug-likeness (QED) is 0.306. The van der Waals surface area contributed by atoms with E-state index in [1.807, 2.05) is 24.3 Å². The van der Waals surface area contributed by atoms with Crippen molar-refractivity contribution in [3.63, 3.8) is 0 Å². The lowest BCUT2D eigenvalue weighted by Gasteiger charge is -2.07. The number of hydrogen-bond donors (Lipinski definition) is 1. The molecule has 3 aromatic rings. The molecule has 1 N–H and O–H groups in total. The van der Waals surface area contributed by atoms with Crippen LogP contribution >= 0.6 is 0 Å². The summed E-state index contributed by atoms with van der Waals surface area (Å²) in [6, 6.07) is 11.7. The molecule has 0 aliphatic rings. The second-order valence-electron chi connectivity index (χ2n) is 5.52. The third kappa shape index (κ3) is 4.63. The summed E-state index contributed by atoms with van der Waals surface area (Å²) in [7, 11) is 0. The first kappa shape index (κ1) is 18.0. The fourth-order valence-corrected chi connectivity index (χ4v) is 2.40. The fourth-order valence-electron chi connectivity index (χ4n) is 2.40. The Morgan fingerprint density at radius 3 is 2.89 bits per heavy atom. The van der Waals surface area contributed by atoms with Gasteiger partial charge in [0.25, 0.3) is 5.69 Å². The van der Waals surface area contributed by atoms with Crippen molar-refractivity contribution in [2.24, 2.45) is 0 Å². The maximum absolute atomic E-state index is 11.4. The lowest BCUT2D eigenvalue weighted by Crippen LogP contribution is -1.98. The van der Waals surface area contributed by atoms with Crippen molar-refractivity contribution in [1.82, 2.24) is 9.97 Å². The van der Waals surface area contributed by atoms with Crippen molar-refractivity contribution >= 4 is 40.3 Å². The number of nitro benzene ring substituents is 1. The number of fused-ring (bicyclic) bond motifs is 1. The second-order valence-corrected chi connectivity index (χ2v) is 5.52. The first-order valence-electron chi connectivity index (χ1n) is 8.18. The van der Waals surface area contributed by atoms with Crippen LogP contribution in [0.25, 0.3) is 17.1 Å².